The van der Waals surface area contributed by atoms with Gasteiger partial charge in [0.1, 0.15) is 23.7 Å². The van der Waals surface area contributed by atoms with Gasteiger partial charge in [-0.25, -0.2) is 19.6 Å². The van der Waals surface area contributed by atoms with Crippen LogP contribution in [0.4, 0.5) is 11.5 Å². The number of nitrogens with two attached hydrogens (primary N) is 1. The van der Waals surface area contributed by atoms with Crippen molar-refractivity contribution in [3.8, 4) is 0 Å². The molecule has 2 heterocycles. The normalized spacial score (nSPS) is 10.5. The van der Waals surface area contributed by atoms with E-state index < -0.39 is 0 Å². The van der Waals surface area contributed by atoms with E-state index >= 15 is 0 Å². The number of anilines is 2. The Kier molecular flexibility index (Phi) is 2.57. The lowest BCUT2D eigenvalue weighted by Crippen LogP contribution is -2.28. The highest BCUT2D eigenvalue weighted by molar-refractivity contribution is 5.85. The molecule has 0 saturated heterocycles. The van der Waals surface area contributed by atoms with E-state index in [0.717, 1.165) is 10.4 Å². The standard InChI is InChI=1S/C12H11N7/c13-11-9-10(17-7-19(11)14)12(16-6-15-9)18-8-4-2-1-3-5-8/h1-7,13H,14H2,(H,15,16,18). The highest BCUT2D eigenvalue weighted by Gasteiger charge is 2.07. The first-order valence-electron chi connectivity index (χ1n) is 5.60. The number of hydrogen-bond donors (Lipinski definition) is 3. The number of fused-ring (bicyclic) bond motifs is 1. The van der Waals surface area contributed by atoms with Crippen molar-refractivity contribution in [2.75, 3.05) is 11.2 Å². The molecule has 7 nitrogen and oxygen atoms in total. The van der Waals surface area contributed by atoms with E-state index in [-0.39, 0.29) is 5.49 Å². The van der Waals surface area contributed by atoms with Crippen LogP contribution in [0.1, 0.15) is 0 Å². The summed E-state index contributed by atoms with van der Waals surface area (Å²) in [7, 11) is 0. The van der Waals surface area contributed by atoms with Gasteiger partial charge in [0.15, 0.2) is 11.3 Å². The number of nitrogen functional groups attached to an aromatic ring is 1. The van der Waals surface area contributed by atoms with Crippen LogP contribution in [0.2, 0.25) is 0 Å². The number of nitrogens with one attached hydrogen (secondary N) is 2. The van der Waals surface area contributed by atoms with Crippen molar-refractivity contribution in [1.29, 1.82) is 5.41 Å². The molecule has 0 aliphatic heterocycles. The molecule has 3 rings (SSSR count). The molecule has 0 spiro atoms. The van der Waals surface area contributed by atoms with Crippen LogP contribution in [0, 0.1) is 5.41 Å². The number of para-hydroxylation sites is 1. The van der Waals surface area contributed by atoms with Gasteiger partial charge >= 0.3 is 0 Å². The van der Waals surface area contributed by atoms with Crippen molar-refractivity contribution in [2.45, 2.75) is 0 Å². The van der Waals surface area contributed by atoms with Gasteiger partial charge in [-0.15, -0.1) is 0 Å². The zero-order valence-electron chi connectivity index (χ0n) is 9.91. The minimum absolute atomic E-state index is 0.0866. The van der Waals surface area contributed by atoms with Crippen LogP contribution in [-0.4, -0.2) is 19.6 Å². The number of rotatable bonds is 2. The van der Waals surface area contributed by atoms with E-state index in [2.05, 4.69) is 20.3 Å². The summed E-state index contributed by atoms with van der Waals surface area (Å²) in [5.41, 5.74) is 1.89. The maximum absolute atomic E-state index is 7.84. The molecule has 4 N–H and O–H groups in total. The van der Waals surface area contributed by atoms with Gasteiger partial charge in [0.05, 0.1) is 0 Å². The van der Waals surface area contributed by atoms with Crippen molar-refractivity contribution >= 4 is 22.5 Å². The molecule has 0 bridgehead atoms. The molecule has 2 aromatic heterocycles. The van der Waals surface area contributed by atoms with Crippen LogP contribution >= 0.6 is 0 Å². The van der Waals surface area contributed by atoms with E-state index in [1.54, 1.807) is 0 Å². The summed E-state index contributed by atoms with van der Waals surface area (Å²) in [6.45, 7) is 0. The molecular formula is C12H11N7. The minimum atomic E-state index is 0.0866. The molecule has 7 heteroatoms. The van der Waals surface area contributed by atoms with E-state index in [9.17, 15) is 0 Å². The van der Waals surface area contributed by atoms with Gasteiger partial charge < -0.3 is 11.2 Å². The van der Waals surface area contributed by atoms with Crippen molar-refractivity contribution < 1.29 is 0 Å². The molecule has 0 aliphatic carbocycles. The molecule has 0 fully saturated rings. The Morgan fingerprint density at radius 2 is 1.84 bits per heavy atom. The lowest BCUT2D eigenvalue weighted by atomic mass is 10.3. The summed E-state index contributed by atoms with van der Waals surface area (Å²) < 4.78 is 1.11. The predicted octanol–water partition coefficient (Wildman–Crippen LogP) is 0.763. The summed E-state index contributed by atoms with van der Waals surface area (Å²) in [4.78, 5) is 12.4. The highest BCUT2D eigenvalue weighted by atomic mass is 15.3. The van der Waals surface area contributed by atoms with Crippen LogP contribution in [0.5, 0.6) is 0 Å². The Hall–Kier alpha value is -2.96. The van der Waals surface area contributed by atoms with Crippen LogP contribution in [-0.2, 0) is 0 Å². The molecule has 19 heavy (non-hydrogen) atoms. The maximum Gasteiger partial charge on any atom is 0.173 e. The lowest BCUT2D eigenvalue weighted by Gasteiger charge is -2.08. The van der Waals surface area contributed by atoms with E-state index in [0.29, 0.717) is 16.9 Å². The smallest absolute Gasteiger partial charge is 0.173 e. The molecule has 1 aromatic carbocycles. The quantitative estimate of drug-likeness (QED) is 0.585. The predicted molar refractivity (Wildman–Crippen MR) is 71.1 cm³/mol. The topological polar surface area (TPSA) is 106 Å². The second-order valence-electron chi connectivity index (χ2n) is 3.91. The molecule has 94 valence electrons. The van der Waals surface area contributed by atoms with Crippen molar-refractivity contribution in [3.63, 3.8) is 0 Å². The largest absolute Gasteiger partial charge is 0.338 e. The Bertz CT molecular complexity index is 779. The Morgan fingerprint density at radius 3 is 2.63 bits per heavy atom. The highest BCUT2D eigenvalue weighted by Crippen LogP contribution is 2.18. The average Bonchev–Trinajstić information content (AvgIpc) is 2.45. The third kappa shape index (κ3) is 1.97. The van der Waals surface area contributed by atoms with E-state index in [1.807, 2.05) is 30.3 Å². The third-order valence-electron chi connectivity index (χ3n) is 2.65. The summed E-state index contributed by atoms with van der Waals surface area (Å²) in [6, 6.07) is 9.61. The minimum Gasteiger partial charge on any atom is -0.338 e. The van der Waals surface area contributed by atoms with Gasteiger partial charge in [-0.2, -0.15) is 0 Å². The summed E-state index contributed by atoms with van der Waals surface area (Å²) in [5, 5.41) is 11.0. The van der Waals surface area contributed by atoms with Crippen molar-refractivity contribution in [2.24, 2.45) is 0 Å². The Morgan fingerprint density at radius 1 is 1.05 bits per heavy atom. The lowest BCUT2D eigenvalue weighted by molar-refractivity contribution is 0.859. The molecule has 0 atom stereocenters. The van der Waals surface area contributed by atoms with Gasteiger partial charge in [-0.3, -0.25) is 5.41 Å². The number of benzene rings is 1. The fraction of sp³-hybridized carbons (Fsp3) is 0. The van der Waals surface area contributed by atoms with Gasteiger partial charge in [-0.05, 0) is 12.1 Å². The molecular weight excluding hydrogens is 242 g/mol. The first-order valence-corrected chi connectivity index (χ1v) is 5.60. The average molecular weight is 253 g/mol. The van der Waals surface area contributed by atoms with Crippen LogP contribution in [0.15, 0.2) is 43.0 Å². The molecule has 0 saturated carbocycles. The second-order valence-corrected chi connectivity index (χ2v) is 3.91. The zero-order valence-corrected chi connectivity index (χ0v) is 9.91. The van der Waals surface area contributed by atoms with Gasteiger partial charge in [-0.1, -0.05) is 18.2 Å². The number of hydrogen-bond acceptors (Lipinski definition) is 6. The summed E-state index contributed by atoms with van der Waals surface area (Å²) >= 11 is 0. The van der Waals surface area contributed by atoms with E-state index in [4.69, 9.17) is 11.3 Å². The SMILES string of the molecule is N=c1c2ncnc(Nc3ccccc3)c2ncn1N. The maximum atomic E-state index is 7.84. The first-order chi connectivity index (χ1) is 9.25. The molecule has 0 aliphatic rings. The zero-order chi connectivity index (χ0) is 13.2. The van der Waals surface area contributed by atoms with Crippen LogP contribution in [0.25, 0.3) is 11.0 Å². The number of nitrogens with zero attached hydrogens (tertiary/aromatic N) is 4. The van der Waals surface area contributed by atoms with Crippen molar-refractivity contribution in [1.82, 2.24) is 19.6 Å². The Balaban J connectivity index is 2.15. The monoisotopic (exact) mass is 253 g/mol. The molecule has 0 amide bonds. The number of aromatic nitrogens is 4. The van der Waals surface area contributed by atoms with Crippen LogP contribution in [0.3, 0.4) is 0 Å². The van der Waals surface area contributed by atoms with Crippen LogP contribution < -0.4 is 16.6 Å². The fourth-order valence-corrected chi connectivity index (χ4v) is 1.72. The molecule has 3 aromatic rings. The fourth-order valence-electron chi connectivity index (χ4n) is 1.72. The summed E-state index contributed by atoms with van der Waals surface area (Å²) in [5.74, 6) is 6.12. The molecule has 0 unspecified atom stereocenters. The second kappa shape index (κ2) is 4.37. The van der Waals surface area contributed by atoms with E-state index in [1.165, 1.54) is 12.7 Å². The first kappa shape index (κ1) is 11.1. The molecule has 0 radical (unpaired) electrons. The Labute approximate surface area is 108 Å². The van der Waals surface area contributed by atoms with Gasteiger partial charge in [0.25, 0.3) is 0 Å². The third-order valence-corrected chi connectivity index (χ3v) is 2.65. The van der Waals surface area contributed by atoms with Gasteiger partial charge in [0.2, 0.25) is 0 Å². The summed E-state index contributed by atoms with van der Waals surface area (Å²) in [6.07, 6.45) is 2.75. The van der Waals surface area contributed by atoms with Gasteiger partial charge in [0, 0.05) is 5.69 Å². The van der Waals surface area contributed by atoms with Crippen molar-refractivity contribution in [3.05, 3.63) is 48.5 Å².